The van der Waals surface area contributed by atoms with Crippen molar-refractivity contribution in [2.75, 3.05) is 0 Å². The molecule has 0 spiro atoms. The maximum atomic E-state index is 6.52. The SMILES string of the molecule is CC1(C)c2ccc(-c3cnc(-c4cc5ccccc5c5ccccc45)cn3)cc2-c2ccc3c(oc4ccccc43)c21.CC1(C)c2ccc(-c3ncc(-c4ccccn4)cn3)cc2-c2ccc3c(oc4ccccc43)c21.CC1(C)c2cccc(-c3nc4ccccc4c4ccccc34)c2-c2ccc3c(oc4ccccc43)c21. The second-order valence-corrected chi connectivity index (χ2v) is 31.5. The fourth-order valence-corrected chi connectivity index (χ4v) is 18.9. The van der Waals surface area contributed by atoms with Crippen LogP contribution in [-0.2, 0) is 16.2 Å². The van der Waals surface area contributed by atoms with Gasteiger partial charge in [-0.1, -0.05) is 254 Å². The van der Waals surface area contributed by atoms with Crippen LogP contribution in [0.25, 0.3) is 199 Å². The Kier molecular flexibility index (Phi) is 14.2. The summed E-state index contributed by atoms with van der Waals surface area (Å²) in [6.45, 7) is 13.8. The summed E-state index contributed by atoms with van der Waals surface area (Å²) in [6, 6.07) is 100. The molecule has 0 saturated carbocycles. The van der Waals surface area contributed by atoms with Gasteiger partial charge >= 0.3 is 0 Å². The lowest BCUT2D eigenvalue weighted by atomic mass is 9.81. The van der Waals surface area contributed by atoms with Gasteiger partial charge in [0.25, 0.3) is 0 Å². The third-order valence-electron chi connectivity index (χ3n) is 24.2. The smallest absolute Gasteiger partial charge is 0.159 e. The van der Waals surface area contributed by atoms with Gasteiger partial charge in [-0.2, -0.15) is 0 Å². The Morgan fingerprint density at radius 1 is 0.259 bits per heavy atom. The molecule has 0 atom stereocenters. The predicted molar refractivity (Wildman–Crippen MR) is 458 cm³/mol. The Labute approximate surface area is 645 Å². The van der Waals surface area contributed by atoms with E-state index in [4.69, 9.17) is 28.2 Å². The number of fused-ring (bicyclic) bond motifs is 27. The zero-order valence-corrected chi connectivity index (χ0v) is 62.4. The first-order chi connectivity index (χ1) is 54.8. The van der Waals surface area contributed by atoms with E-state index in [0.29, 0.717) is 5.82 Å². The van der Waals surface area contributed by atoms with Gasteiger partial charge in [0.15, 0.2) is 5.82 Å². The lowest BCUT2D eigenvalue weighted by Crippen LogP contribution is -2.15. The number of hydrogen-bond acceptors (Lipinski definition) is 9. The minimum atomic E-state index is -0.194. The third-order valence-corrected chi connectivity index (χ3v) is 24.2. The van der Waals surface area contributed by atoms with Crippen molar-refractivity contribution in [1.29, 1.82) is 0 Å². The van der Waals surface area contributed by atoms with Crippen LogP contribution in [-0.4, -0.2) is 29.9 Å². The lowest BCUT2D eigenvalue weighted by Gasteiger charge is -2.22. The lowest BCUT2D eigenvalue weighted by molar-refractivity contribution is 0.619. The van der Waals surface area contributed by atoms with Gasteiger partial charge in [-0.15, -0.1) is 0 Å². The van der Waals surface area contributed by atoms with Crippen LogP contribution in [0, 0.1) is 0 Å². The highest BCUT2D eigenvalue weighted by atomic mass is 16.3. The van der Waals surface area contributed by atoms with Crippen molar-refractivity contribution in [3.8, 4) is 89.8 Å². The molecule has 0 saturated heterocycles. The van der Waals surface area contributed by atoms with Crippen LogP contribution in [0.5, 0.6) is 0 Å². The number of benzene rings is 14. The van der Waals surface area contributed by atoms with Crippen molar-refractivity contribution in [2.45, 2.75) is 57.8 Å². The Morgan fingerprint density at radius 2 is 0.732 bits per heavy atom. The van der Waals surface area contributed by atoms with Gasteiger partial charge < -0.3 is 13.3 Å². The van der Waals surface area contributed by atoms with Crippen molar-refractivity contribution in [2.24, 2.45) is 0 Å². The van der Waals surface area contributed by atoms with Crippen LogP contribution in [0.15, 0.2) is 329 Å². The molecule has 3 aliphatic rings. The maximum Gasteiger partial charge on any atom is 0.159 e. The highest BCUT2D eigenvalue weighted by Gasteiger charge is 2.43. The van der Waals surface area contributed by atoms with E-state index in [9.17, 15) is 0 Å². The van der Waals surface area contributed by atoms with Gasteiger partial charge in [0.05, 0.1) is 40.7 Å². The van der Waals surface area contributed by atoms with E-state index in [1.165, 1.54) is 132 Å². The van der Waals surface area contributed by atoms with E-state index in [1.54, 1.807) is 6.20 Å². The molecule has 9 heteroatoms. The Balaban J connectivity index is 0.000000104. The van der Waals surface area contributed by atoms with Gasteiger partial charge in [0, 0.05) is 122 Å². The second kappa shape index (κ2) is 24.5. The number of para-hydroxylation sites is 4. The molecule has 24 rings (SSSR count). The zero-order chi connectivity index (χ0) is 74.9. The molecule has 0 amide bonds. The van der Waals surface area contributed by atoms with Crippen LogP contribution in [0.3, 0.4) is 0 Å². The normalized spacial score (nSPS) is 13.8. The summed E-state index contributed by atoms with van der Waals surface area (Å²) in [4.78, 5) is 28.8. The molecular weight excluding hydrogens is 1370 g/mol. The molecule has 0 aliphatic heterocycles. The minimum absolute atomic E-state index is 0.166. The fourth-order valence-electron chi connectivity index (χ4n) is 18.9. The summed E-state index contributed by atoms with van der Waals surface area (Å²) >= 11 is 0. The summed E-state index contributed by atoms with van der Waals surface area (Å²) in [5.41, 5.74) is 30.3. The molecule has 112 heavy (non-hydrogen) atoms. The molecule has 0 N–H and O–H groups in total. The summed E-state index contributed by atoms with van der Waals surface area (Å²) < 4.78 is 19.4. The Morgan fingerprint density at radius 3 is 1.32 bits per heavy atom. The van der Waals surface area contributed by atoms with Gasteiger partial charge in [0.1, 0.15) is 33.5 Å². The minimum Gasteiger partial charge on any atom is -0.456 e. The van der Waals surface area contributed by atoms with Gasteiger partial charge in [-0.3, -0.25) is 15.0 Å². The number of nitrogens with zero attached hydrogens (tertiary/aromatic N) is 6. The van der Waals surface area contributed by atoms with E-state index in [2.05, 4.69) is 299 Å². The molecule has 0 unspecified atom stereocenters. The van der Waals surface area contributed by atoms with Crippen LogP contribution in [0.1, 0.15) is 74.9 Å². The molecule has 7 heterocycles. The van der Waals surface area contributed by atoms with Crippen LogP contribution < -0.4 is 0 Å². The molecule has 0 fully saturated rings. The number of aromatic nitrogens is 6. The van der Waals surface area contributed by atoms with E-state index in [0.717, 1.165) is 94.8 Å². The van der Waals surface area contributed by atoms with E-state index >= 15 is 0 Å². The second-order valence-electron chi connectivity index (χ2n) is 31.5. The molecule has 530 valence electrons. The van der Waals surface area contributed by atoms with Gasteiger partial charge in [0.2, 0.25) is 0 Å². The number of furan rings is 3. The largest absolute Gasteiger partial charge is 0.456 e. The topological polar surface area (TPSA) is 117 Å². The molecule has 21 aromatic rings. The molecular formula is C103H70N6O3. The van der Waals surface area contributed by atoms with Gasteiger partial charge in [-0.25, -0.2) is 15.0 Å². The quantitative estimate of drug-likeness (QED) is 0.155. The number of pyridine rings is 2. The maximum absolute atomic E-state index is 6.52. The zero-order valence-electron chi connectivity index (χ0n) is 62.4. The highest BCUT2D eigenvalue weighted by molar-refractivity contribution is 6.17. The molecule has 14 aromatic carbocycles. The summed E-state index contributed by atoms with van der Waals surface area (Å²) in [5, 5.41) is 15.5. The molecule has 0 bridgehead atoms. The average molecular weight is 1440 g/mol. The molecule has 3 aliphatic carbocycles. The van der Waals surface area contributed by atoms with Crippen molar-refractivity contribution in [3.05, 3.63) is 349 Å². The van der Waals surface area contributed by atoms with Crippen molar-refractivity contribution >= 4 is 109 Å². The van der Waals surface area contributed by atoms with E-state index in [1.807, 2.05) is 67.3 Å². The van der Waals surface area contributed by atoms with Crippen LogP contribution in [0.2, 0.25) is 0 Å². The first-order valence-electron chi connectivity index (χ1n) is 38.3. The Hall–Kier alpha value is -14.0. The summed E-state index contributed by atoms with van der Waals surface area (Å²) in [7, 11) is 0. The summed E-state index contributed by atoms with van der Waals surface area (Å²) in [5.74, 6) is 0.707. The monoisotopic (exact) mass is 1440 g/mol. The van der Waals surface area contributed by atoms with Crippen molar-refractivity contribution < 1.29 is 13.3 Å². The highest BCUT2D eigenvalue weighted by Crippen LogP contribution is 2.58. The van der Waals surface area contributed by atoms with Gasteiger partial charge in [-0.05, 0) is 150 Å². The third kappa shape index (κ3) is 9.75. The standard InChI is InChI=1S/C39H26N2O.C34H23NO.C30H21N3O/c1-39(2)33-18-15-24(20-31(33)29-16-17-30-28-13-7-8-14-36(28)42-38(30)37(29)39)34-21-41-35(22-40-34)32-19-23-9-3-4-10-25(23)26-11-5-6-12-27(26)32;1-34(2)27-15-9-14-26(32-23-13-4-3-10-20(23)21-11-5-7-16-28(21)35-32)30(27)25-19-18-24-22-12-6-8-17-29(22)36-33(24)31(25)34;1-30(2)24-13-10-18(29-32-16-19(17-33-29)25-8-5-6-14-31-25)15-23(24)21-11-12-22-20-7-3-4-9-26(20)34-28(22)27(21)30/h3-22H,1-2H3;3-19H,1-2H3;3-17H,1-2H3. The number of rotatable bonds is 5. The fraction of sp³-hybridized carbons (Fsp3) is 0.0874. The molecule has 7 aromatic heterocycles. The first kappa shape index (κ1) is 65.1. The van der Waals surface area contributed by atoms with Crippen LogP contribution >= 0.6 is 0 Å². The molecule has 9 nitrogen and oxygen atoms in total. The van der Waals surface area contributed by atoms with Crippen LogP contribution in [0.4, 0.5) is 0 Å². The summed E-state index contributed by atoms with van der Waals surface area (Å²) in [6.07, 6.45) is 9.28. The van der Waals surface area contributed by atoms with E-state index < -0.39 is 0 Å². The first-order valence-corrected chi connectivity index (χ1v) is 38.3. The Bertz CT molecular complexity index is 7530. The van der Waals surface area contributed by atoms with Crippen molar-refractivity contribution in [3.63, 3.8) is 0 Å². The number of hydrogen-bond donors (Lipinski definition) is 0. The average Bonchev–Trinajstić information content (AvgIpc) is 1.55. The van der Waals surface area contributed by atoms with Crippen molar-refractivity contribution in [1.82, 2.24) is 29.9 Å². The molecule has 0 radical (unpaired) electrons. The van der Waals surface area contributed by atoms with E-state index in [-0.39, 0.29) is 16.2 Å². The predicted octanol–water partition coefficient (Wildman–Crippen LogP) is 27.0.